The SMILES string of the molecule is C[C@@H]1[C@@H](C)CCC2[C@@]3(C)CCC4[C@@]5(C)CCC6[C@@](C)(CCC7C(C)(C)CCC[C@@]76C)C5CC[C@@]4(C)C3CC[C@]21C. The van der Waals surface area contributed by atoms with Crippen LogP contribution in [0.5, 0.6) is 0 Å². The van der Waals surface area contributed by atoms with Gasteiger partial charge in [-0.3, -0.25) is 0 Å². The fourth-order valence-electron chi connectivity index (χ4n) is 17.1. The van der Waals surface area contributed by atoms with Gasteiger partial charge in [0.05, 0.1) is 0 Å². The van der Waals surface area contributed by atoms with Crippen molar-refractivity contribution in [2.75, 3.05) is 0 Å². The molecular weight excluding hydrogens is 480 g/mol. The van der Waals surface area contributed by atoms with Gasteiger partial charge in [0.15, 0.2) is 0 Å². The van der Waals surface area contributed by atoms with Gasteiger partial charge in [-0.2, -0.15) is 0 Å². The minimum Gasteiger partial charge on any atom is -0.0622 e. The standard InChI is InChI=1S/C40H68/c1-26-12-13-29-35(5,27(26)2)21-15-31-37(29,7)23-17-33-39(31,9)25-18-32-38(8)22-14-28-34(3,4)19-11-20-36(28,6)30(38)16-24-40(32,33)10/h26-33H,11-25H2,1-10H3/t26-,27+,28?,29?,30?,31?,32?,33?,35-,36-,37+,38+,39-,40-/m0/s1. The van der Waals surface area contributed by atoms with Crippen LogP contribution in [-0.4, -0.2) is 0 Å². The summed E-state index contributed by atoms with van der Waals surface area (Å²) in [6.45, 7) is 27.5. The lowest BCUT2D eigenvalue weighted by atomic mass is 9.29. The van der Waals surface area contributed by atoms with Gasteiger partial charge in [-0.1, -0.05) is 82.1 Å². The Bertz CT molecular complexity index is 1020. The fraction of sp³-hybridized carbons (Fsp3) is 1.00. The van der Waals surface area contributed by atoms with Crippen LogP contribution >= 0.6 is 0 Å². The molecule has 7 rings (SSSR count). The topological polar surface area (TPSA) is 0 Å². The molecule has 0 nitrogen and oxygen atoms in total. The second-order valence-corrected chi connectivity index (χ2v) is 20.2. The lowest BCUT2D eigenvalue weighted by Crippen LogP contribution is -2.68. The van der Waals surface area contributed by atoms with Gasteiger partial charge in [0.25, 0.3) is 0 Å². The fourth-order valence-corrected chi connectivity index (χ4v) is 17.1. The Labute approximate surface area is 250 Å². The molecule has 0 spiro atoms. The summed E-state index contributed by atoms with van der Waals surface area (Å²) in [4.78, 5) is 0. The van der Waals surface area contributed by atoms with Crippen LogP contribution in [0.4, 0.5) is 0 Å². The molecule has 14 atom stereocenters. The predicted molar refractivity (Wildman–Crippen MR) is 171 cm³/mol. The van der Waals surface area contributed by atoms with Gasteiger partial charge in [0, 0.05) is 0 Å². The van der Waals surface area contributed by atoms with Gasteiger partial charge in [-0.15, -0.1) is 0 Å². The van der Waals surface area contributed by atoms with E-state index in [1.807, 2.05) is 0 Å². The molecule has 7 fully saturated rings. The highest BCUT2D eigenvalue weighted by atomic mass is 14.8. The smallest absolute Gasteiger partial charge is 0.0259 e. The summed E-state index contributed by atoms with van der Waals surface area (Å²) >= 11 is 0. The Kier molecular flexibility index (Phi) is 6.17. The van der Waals surface area contributed by atoms with Crippen LogP contribution in [0, 0.1) is 85.2 Å². The number of hydrogen-bond acceptors (Lipinski definition) is 0. The van der Waals surface area contributed by atoms with Gasteiger partial charge in [-0.05, 0) is 169 Å². The summed E-state index contributed by atoms with van der Waals surface area (Å²) in [5.41, 5.74) is 4.03. The Morgan fingerprint density at radius 3 is 1.15 bits per heavy atom. The quantitative estimate of drug-likeness (QED) is 0.282. The van der Waals surface area contributed by atoms with E-state index in [1.54, 1.807) is 25.7 Å². The third-order valence-corrected chi connectivity index (χ3v) is 18.9. The van der Waals surface area contributed by atoms with Crippen molar-refractivity contribution >= 4 is 0 Å². The molecule has 228 valence electrons. The Hall–Kier alpha value is 0. The first kappa shape index (κ1) is 28.8. The molecule has 6 unspecified atom stereocenters. The number of rotatable bonds is 0. The normalized spacial score (nSPS) is 62.5. The van der Waals surface area contributed by atoms with Crippen LogP contribution in [0.15, 0.2) is 0 Å². The van der Waals surface area contributed by atoms with Gasteiger partial charge < -0.3 is 0 Å². The van der Waals surface area contributed by atoms with Gasteiger partial charge in [0.1, 0.15) is 0 Å². The summed E-state index contributed by atoms with van der Waals surface area (Å²) in [6, 6.07) is 0. The minimum absolute atomic E-state index is 0.554. The molecule has 0 heterocycles. The van der Waals surface area contributed by atoms with Crippen LogP contribution < -0.4 is 0 Å². The van der Waals surface area contributed by atoms with Crippen molar-refractivity contribution in [1.29, 1.82) is 0 Å². The van der Waals surface area contributed by atoms with E-state index >= 15 is 0 Å². The van der Waals surface area contributed by atoms with Crippen molar-refractivity contribution in [3.8, 4) is 0 Å². The molecule has 0 saturated heterocycles. The molecule has 40 heavy (non-hydrogen) atoms. The summed E-state index contributed by atoms with van der Waals surface area (Å²) < 4.78 is 0. The van der Waals surface area contributed by atoms with E-state index < -0.39 is 0 Å². The minimum atomic E-state index is 0.554. The predicted octanol–water partition coefficient (Wildman–Crippen LogP) is 12.0. The highest BCUT2D eigenvalue weighted by molar-refractivity contribution is 5.20. The van der Waals surface area contributed by atoms with Crippen LogP contribution in [-0.2, 0) is 0 Å². The van der Waals surface area contributed by atoms with E-state index in [2.05, 4.69) is 69.2 Å². The van der Waals surface area contributed by atoms with E-state index in [-0.39, 0.29) is 0 Å². The first-order chi connectivity index (χ1) is 18.6. The maximum absolute atomic E-state index is 2.88. The van der Waals surface area contributed by atoms with E-state index in [0.29, 0.717) is 37.9 Å². The molecule has 0 bridgehead atoms. The van der Waals surface area contributed by atoms with Crippen LogP contribution in [0.1, 0.15) is 166 Å². The molecule has 0 aromatic heterocycles. The van der Waals surface area contributed by atoms with Crippen molar-refractivity contribution in [3.05, 3.63) is 0 Å². The van der Waals surface area contributed by atoms with Crippen LogP contribution in [0.2, 0.25) is 0 Å². The highest BCUT2D eigenvalue weighted by Gasteiger charge is 2.71. The Morgan fingerprint density at radius 1 is 0.350 bits per heavy atom. The van der Waals surface area contributed by atoms with Crippen molar-refractivity contribution < 1.29 is 0 Å². The average Bonchev–Trinajstić information content (AvgIpc) is 2.85. The molecule has 0 radical (unpaired) electrons. The molecule has 0 aromatic carbocycles. The second kappa shape index (κ2) is 8.58. The zero-order valence-corrected chi connectivity index (χ0v) is 28.7. The third kappa shape index (κ3) is 3.33. The summed E-state index contributed by atoms with van der Waals surface area (Å²) in [7, 11) is 0. The largest absolute Gasteiger partial charge is 0.0622 e. The molecular formula is C40H68. The Balaban J connectivity index is 1.21. The lowest BCUT2D eigenvalue weighted by Gasteiger charge is -2.75. The lowest BCUT2D eigenvalue weighted by molar-refractivity contribution is -0.265. The summed E-state index contributed by atoms with van der Waals surface area (Å²) in [5.74, 6) is 7.61. The van der Waals surface area contributed by atoms with E-state index in [1.165, 1.54) is 70.6 Å². The zero-order chi connectivity index (χ0) is 28.7. The van der Waals surface area contributed by atoms with Crippen LogP contribution in [0.25, 0.3) is 0 Å². The van der Waals surface area contributed by atoms with E-state index in [4.69, 9.17) is 0 Å². The van der Waals surface area contributed by atoms with Crippen molar-refractivity contribution in [3.63, 3.8) is 0 Å². The zero-order valence-electron chi connectivity index (χ0n) is 28.7. The summed E-state index contributed by atoms with van der Waals surface area (Å²) in [6.07, 6.45) is 22.8. The Morgan fingerprint density at radius 2 is 0.700 bits per heavy atom. The first-order valence-electron chi connectivity index (χ1n) is 18.6. The molecule has 7 saturated carbocycles. The number of fused-ring (bicyclic) bond motifs is 11. The maximum atomic E-state index is 2.88. The van der Waals surface area contributed by atoms with Crippen LogP contribution in [0.3, 0.4) is 0 Å². The average molecular weight is 549 g/mol. The number of hydrogen-bond donors (Lipinski definition) is 0. The van der Waals surface area contributed by atoms with Crippen molar-refractivity contribution in [2.45, 2.75) is 166 Å². The molecule has 0 heteroatoms. The van der Waals surface area contributed by atoms with Gasteiger partial charge in [0.2, 0.25) is 0 Å². The summed E-state index contributed by atoms with van der Waals surface area (Å²) in [5, 5.41) is 0. The second-order valence-electron chi connectivity index (χ2n) is 20.2. The molecule has 7 aliphatic carbocycles. The maximum Gasteiger partial charge on any atom is -0.0259 e. The molecule has 0 amide bonds. The van der Waals surface area contributed by atoms with E-state index in [0.717, 1.165) is 47.3 Å². The first-order valence-corrected chi connectivity index (χ1v) is 18.6. The van der Waals surface area contributed by atoms with E-state index in [9.17, 15) is 0 Å². The van der Waals surface area contributed by atoms with Gasteiger partial charge in [-0.25, -0.2) is 0 Å². The molecule has 0 aromatic rings. The molecule has 0 N–H and O–H groups in total. The van der Waals surface area contributed by atoms with Gasteiger partial charge >= 0.3 is 0 Å². The molecule has 0 aliphatic heterocycles. The highest BCUT2D eigenvalue weighted by Crippen LogP contribution is 2.79. The van der Waals surface area contributed by atoms with Crippen molar-refractivity contribution in [1.82, 2.24) is 0 Å². The third-order valence-electron chi connectivity index (χ3n) is 18.9. The monoisotopic (exact) mass is 549 g/mol. The molecule has 7 aliphatic rings. The van der Waals surface area contributed by atoms with Crippen molar-refractivity contribution in [2.24, 2.45) is 85.2 Å².